The van der Waals surface area contributed by atoms with Crippen molar-refractivity contribution < 1.29 is 0 Å². The predicted molar refractivity (Wildman–Crippen MR) is 73.5 cm³/mol. The Labute approximate surface area is 106 Å². The summed E-state index contributed by atoms with van der Waals surface area (Å²) in [7, 11) is 0. The van der Waals surface area contributed by atoms with Crippen LogP contribution in [-0.2, 0) is 6.42 Å². The Bertz CT molecular complexity index is 689. The molecule has 2 aromatic heterocycles. The van der Waals surface area contributed by atoms with Gasteiger partial charge in [0.15, 0.2) is 0 Å². The van der Waals surface area contributed by atoms with Crippen LogP contribution in [0, 0.1) is 6.92 Å². The minimum absolute atomic E-state index is 0.880. The second kappa shape index (κ2) is 4.57. The molecular weight excluding hydrogens is 220 g/mol. The van der Waals surface area contributed by atoms with E-state index in [0.717, 1.165) is 23.0 Å². The molecule has 0 saturated heterocycles. The van der Waals surface area contributed by atoms with Crippen LogP contribution in [0.1, 0.15) is 16.8 Å². The summed E-state index contributed by atoms with van der Waals surface area (Å²) in [5, 5.41) is 1.09. The Kier molecular flexibility index (Phi) is 2.77. The summed E-state index contributed by atoms with van der Waals surface area (Å²) in [4.78, 5) is 8.77. The normalized spacial score (nSPS) is 10.7. The number of fused-ring (bicyclic) bond motifs is 1. The Morgan fingerprint density at radius 1 is 1.00 bits per heavy atom. The lowest BCUT2D eigenvalue weighted by Gasteiger charge is -2.06. The fourth-order valence-electron chi connectivity index (χ4n) is 2.11. The van der Waals surface area contributed by atoms with Crippen LogP contribution in [0.15, 0.2) is 54.9 Å². The second-order valence-corrected chi connectivity index (χ2v) is 4.47. The van der Waals surface area contributed by atoms with Gasteiger partial charge in [-0.25, -0.2) is 0 Å². The largest absolute Gasteiger partial charge is 0.264 e. The van der Waals surface area contributed by atoms with Crippen molar-refractivity contribution >= 4 is 10.9 Å². The van der Waals surface area contributed by atoms with Gasteiger partial charge in [-0.15, -0.1) is 0 Å². The van der Waals surface area contributed by atoms with Crippen LogP contribution >= 0.6 is 0 Å². The summed E-state index contributed by atoms with van der Waals surface area (Å²) in [5.74, 6) is 0. The topological polar surface area (TPSA) is 25.8 Å². The van der Waals surface area contributed by atoms with Crippen molar-refractivity contribution in [3.63, 3.8) is 0 Å². The van der Waals surface area contributed by atoms with Crippen molar-refractivity contribution in [2.45, 2.75) is 13.3 Å². The van der Waals surface area contributed by atoms with E-state index in [4.69, 9.17) is 0 Å². The molecule has 0 N–H and O–H groups in total. The molecule has 3 rings (SSSR count). The molecule has 0 aliphatic heterocycles. The summed E-state index contributed by atoms with van der Waals surface area (Å²) in [5.41, 5.74) is 4.76. The maximum Gasteiger partial charge on any atom is 0.0736 e. The van der Waals surface area contributed by atoms with Gasteiger partial charge in [0.2, 0.25) is 0 Å². The molecule has 18 heavy (non-hydrogen) atoms. The molecule has 0 bridgehead atoms. The predicted octanol–water partition coefficient (Wildman–Crippen LogP) is 3.53. The molecule has 0 atom stereocenters. The van der Waals surface area contributed by atoms with E-state index < -0.39 is 0 Å². The highest BCUT2D eigenvalue weighted by atomic mass is 14.7. The SMILES string of the molecule is Cc1ccccc1Cc1ccc2cnccc2n1. The summed E-state index contributed by atoms with van der Waals surface area (Å²) in [6.07, 6.45) is 4.51. The molecule has 2 heterocycles. The third kappa shape index (κ3) is 2.09. The number of aromatic nitrogens is 2. The molecule has 1 aromatic carbocycles. The number of rotatable bonds is 2. The van der Waals surface area contributed by atoms with Crippen LogP contribution in [0.25, 0.3) is 10.9 Å². The van der Waals surface area contributed by atoms with Gasteiger partial charge in [-0.05, 0) is 36.2 Å². The zero-order valence-corrected chi connectivity index (χ0v) is 10.3. The van der Waals surface area contributed by atoms with Crippen molar-refractivity contribution in [1.29, 1.82) is 0 Å². The number of nitrogens with zero attached hydrogens (tertiary/aromatic N) is 2. The lowest BCUT2D eigenvalue weighted by molar-refractivity contribution is 1.08. The van der Waals surface area contributed by atoms with E-state index in [1.165, 1.54) is 11.1 Å². The first-order valence-electron chi connectivity index (χ1n) is 6.07. The fraction of sp³-hybridized carbons (Fsp3) is 0.125. The van der Waals surface area contributed by atoms with E-state index in [1.807, 2.05) is 12.3 Å². The molecule has 0 radical (unpaired) electrons. The van der Waals surface area contributed by atoms with E-state index in [2.05, 4.69) is 53.3 Å². The molecule has 88 valence electrons. The molecule has 2 heteroatoms. The highest BCUT2D eigenvalue weighted by Gasteiger charge is 2.02. The van der Waals surface area contributed by atoms with Crippen LogP contribution < -0.4 is 0 Å². The molecule has 0 aliphatic carbocycles. The third-order valence-corrected chi connectivity index (χ3v) is 3.18. The lowest BCUT2D eigenvalue weighted by Crippen LogP contribution is -1.95. The summed E-state index contributed by atoms with van der Waals surface area (Å²) in [6, 6.07) is 14.6. The van der Waals surface area contributed by atoms with Crippen LogP contribution in [0.2, 0.25) is 0 Å². The summed E-state index contributed by atoms with van der Waals surface area (Å²) in [6.45, 7) is 2.14. The smallest absolute Gasteiger partial charge is 0.0736 e. The Balaban J connectivity index is 1.98. The zero-order chi connectivity index (χ0) is 12.4. The second-order valence-electron chi connectivity index (χ2n) is 4.47. The average molecular weight is 234 g/mol. The first-order chi connectivity index (χ1) is 8.83. The Morgan fingerprint density at radius 3 is 2.78 bits per heavy atom. The minimum atomic E-state index is 0.880. The van der Waals surface area contributed by atoms with E-state index >= 15 is 0 Å². The van der Waals surface area contributed by atoms with Crippen LogP contribution in [0.3, 0.4) is 0 Å². The molecule has 0 amide bonds. The van der Waals surface area contributed by atoms with E-state index in [0.29, 0.717) is 0 Å². The van der Waals surface area contributed by atoms with E-state index in [9.17, 15) is 0 Å². The monoisotopic (exact) mass is 234 g/mol. The molecule has 3 aromatic rings. The molecular formula is C16H14N2. The maximum absolute atomic E-state index is 4.67. The van der Waals surface area contributed by atoms with Gasteiger partial charge in [-0.3, -0.25) is 9.97 Å². The zero-order valence-electron chi connectivity index (χ0n) is 10.3. The van der Waals surface area contributed by atoms with Gasteiger partial charge in [0, 0.05) is 29.9 Å². The molecule has 0 aliphatic rings. The quantitative estimate of drug-likeness (QED) is 0.678. The van der Waals surface area contributed by atoms with Gasteiger partial charge in [-0.1, -0.05) is 24.3 Å². The fourth-order valence-corrected chi connectivity index (χ4v) is 2.11. The first kappa shape index (κ1) is 10.9. The summed E-state index contributed by atoms with van der Waals surface area (Å²) < 4.78 is 0. The van der Waals surface area contributed by atoms with Crippen LogP contribution in [0.5, 0.6) is 0 Å². The third-order valence-electron chi connectivity index (χ3n) is 3.18. The van der Waals surface area contributed by atoms with Crippen molar-refractivity contribution in [3.05, 3.63) is 71.7 Å². The first-order valence-corrected chi connectivity index (χ1v) is 6.07. The number of pyridine rings is 2. The molecule has 0 saturated carbocycles. The van der Waals surface area contributed by atoms with Crippen molar-refractivity contribution in [2.24, 2.45) is 0 Å². The number of benzene rings is 1. The van der Waals surface area contributed by atoms with Gasteiger partial charge in [0.1, 0.15) is 0 Å². The Hall–Kier alpha value is -2.22. The van der Waals surface area contributed by atoms with Crippen molar-refractivity contribution in [1.82, 2.24) is 9.97 Å². The molecule has 0 unspecified atom stereocenters. The average Bonchev–Trinajstić information content (AvgIpc) is 2.41. The molecule has 0 fully saturated rings. The Morgan fingerprint density at radius 2 is 1.89 bits per heavy atom. The van der Waals surface area contributed by atoms with Crippen molar-refractivity contribution in [3.8, 4) is 0 Å². The standard InChI is InChI=1S/C16H14N2/c1-12-4-2-3-5-13(12)10-15-7-6-14-11-17-9-8-16(14)18-15/h2-9,11H,10H2,1H3. The van der Waals surface area contributed by atoms with Crippen molar-refractivity contribution in [2.75, 3.05) is 0 Å². The minimum Gasteiger partial charge on any atom is -0.264 e. The van der Waals surface area contributed by atoms with Gasteiger partial charge < -0.3 is 0 Å². The van der Waals surface area contributed by atoms with Gasteiger partial charge in [-0.2, -0.15) is 0 Å². The maximum atomic E-state index is 4.67. The highest BCUT2D eigenvalue weighted by molar-refractivity contribution is 5.77. The van der Waals surface area contributed by atoms with Gasteiger partial charge >= 0.3 is 0 Å². The van der Waals surface area contributed by atoms with E-state index in [1.54, 1.807) is 6.20 Å². The highest BCUT2D eigenvalue weighted by Crippen LogP contribution is 2.15. The summed E-state index contributed by atoms with van der Waals surface area (Å²) >= 11 is 0. The van der Waals surface area contributed by atoms with Crippen LogP contribution in [0.4, 0.5) is 0 Å². The lowest BCUT2D eigenvalue weighted by atomic mass is 10.0. The van der Waals surface area contributed by atoms with Crippen LogP contribution in [-0.4, -0.2) is 9.97 Å². The number of hydrogen-bond acceptors (Lipinski definition) is 2. The number of aryl methyl sites for hydroxylation is 1. The van der Waals surface area contributed by atoms with E-state index in [-0.39, 0.29) is 0 Å². The van der Waals surface area contributed by atoms with Gasteiger partial charge in [0.05, 0.1) is 5.52 Å². The van der Waals surface area contributed by atoms with Gasteiger partial charge in [0.25, 0.3) is 0 Å². The molecule has 0 spiro atoms. The number of hydrogen-bond donors (Lipinski definition) is 0. The molecule has 2 nitrogen and oxygen atoms in total.